The van der Waals surface area contributed by atoms with Crippen molar-refractivity contribution in [1.82, 2.24) is 4.57 Å². The highest BCUT2D eigenvalue weighted by Gasteiger charge is 2.06. The second kappa shape index (κ2) is 5.02. The molecule has 1 heterocycles. The molecule has 0 radical (unpaired) electrons. The topological polar surface area (TPSA) is 45.8 Å². The van der Waals surface area contributed by atoms with Crippen LogP contribution >= 0.6 is 0 Å². The largest absolute Gasteiger partial charge is 0.304 e. The van der Waals surface area contributed by atoms with E-state index in [0.717, 1.165) is 16.5 Å². The maximum Gasteiger partial charge on any atom is 0.251 e. The van der Waals surface area contributed by atoms with Crippen LogP contribution in [-0.2, 0) is 6.54 Å². The first-order chi connectivity index (χ1) is 9.79. The summed E-state index contributed by atoms with van der Waals surface area (Å²) in [6.45, 7) is 0.407. The summed E-state index contributed by atoms with van der Waals surface area (Å²) in [4.78, 5) is 12.1. The number of pyridine rings is 1. The minimum atomic E-state index is -0.0588. The van der Waals surface area contributed by atoms with Crippen molar-refractivity contribution >= 4 is 10.9 Å². The van der Waals surface area contributed by atoms with Gasteiger partial charge in [0.05, 0.1) is 23.7 Å². The molecule has 0 aliphatic rings. The monoisotopic (exact) mass is 260 g/mol. The van der Waals surface area contributed by atoms with Crippen molar-refractivity contribution in [2.24, 2.45) is 0 Å². The number of hydrogen-bond acceptors (Lipinski definition) is 2. The highest BCUT2D eigenvalue weighted by Crippen LogP contribution is 2.14. The lowest BCUT2D eigenvalue weighted by atomic mass is 10.1. The van der Waals surface area contributed by atoms with E-state index in [2.05, 4.69) is 6.07 Å². The molecule has 3 nitrogen and oxygen atoms in total. The van der Waals surface area contributed by atoms with Crippen LogP contribution in [0, 0.1) is 11.3 Å². The van der Waals surface area contributed by atoms with Gasteiger partial charge in [-0.15, -0.1) is 0 Å². The zero-order valence-electron chi connectivity index (χ0n) is 10.8. The van der Waals surface area contributed by atoms with Gasteiger partial charge in [0.15, 0.2) is 0 Å². The lowest BCUT2D eigenvalue weighted by Crippen LogP contribution is -2.20. The summed E-state index contributed by atoms with van der Waals surface area (Å²) in [7, 11) is 0. The van der Waals surface area contributed by atoms with Gasteiger partial charge in [0.2, 0.25) is 0 Å². The maximum atomic E-state index is 12.1. The normalized spacial score (nSPS) is 10.3. The van der Waals surface area contributed by atoms with Crippen LogP contribution in [0.4, 0.5) is 0 Å². The van der Waals surface area contributed by atoms with E-state index in [4.69, 9.17) is 5.26 Å². The van der Waals surface area contributed by atoms with E-state index in [-0.39, 0.29) is 5.56 Å². The molecule has 0 fully saturated rings. The third kappa shape index (κ3) is 2.08. The molecule has 1 aromatic heterocycles. The summed E-state index contributed by atoms with van der Waals surface area (Å²) in [6.07, 6.45) is 0. The molecule has 0 spiro atoms. The fraction of sp³-hybridized carbons (Fsp3) is 0.0588. The van der Waals surface area contributed by atoms with Crippen molar-refractivity contribution in [3.05, 3.63) is 82.1 Å². The van der Waals surface area contributed by atoms with E-state index in [1.165, 1.54) is 0 Å². The average Bonchev–Trinajstić information content (AvgIpc) is 2.50. The number of hydrogen-bond donors (Lipinski definition) is 0. The Bertz CT molecular complexity index is 872. The first kappa shape index (κ1) is 12.2. The fourth-order valence-corrected chi connectivity index (χ4v) is 2.34. The third-order valence-corrected chi connectivity index (χ3v) is 3.37. The van der Waals surface area contributed by atoms with Crippen LogP contribution in [0.3, 0.4) is 0 Å². The molecule has 0 saturated carbocycles. The summed E-state index contributed by atoms with van der Waals surface area (Å²) in [5, 5.41) is 10.2. The molecule has 96 valence electrons. The van der Waals surface area contributed by atoms with E-state index >= 15 is 0 Å². The lowest BCUT2D eigenvalue weighted by Gasteiger charge is -2.11. The molecule has 2 aromatic carbocycles. The van der Waals surface area contributed by atoms with Gasteiger partial charge < -0.3 is 4.57 Å². The number of para-hydroxylation sites is 1. The van der Waals surface area contributed by atoms with Crippen LogP contribution in [0.25, 0.3) is 10.9 Å². The SMILES string of the molecule is N#Cc1ccccc1Cn1c(=O)ccc2ccccc21. The molecule has 3 heteroatoms. The van der Waals surface area contributed by atoms with Gasteiger partial charge in [0, 0.05) is 6.07 Å². The van der Waals surface area contributed by atoms with E-state index < -0.39 is 0 Å². The Labute approximate surface area is 116 Å². The van der Waals surface area contributed by atoms with Gasteiger partial charge in [-0.2, -0.15) is 5.26 Å². The molecule has 0 N–H and O–H groups in total. The summed E-state index contributed by atoms with van der Waals surface area (Å²) < 4.78 is 1.70. The standard InChI is InChI=1S/C17H12N2O/c18-11-14-6-1-2-7-15(14)12-19-16-8-4-3-5-13(16)9-10-17(19)20/h1-10H,12H2. The average molecular weight is 260 g/mol. The van der Waals surface area contributed by atoms with Gasteiger partial charge in [-0.25, -0.2) is 0 Å². The summed E-state index contributed by atoms with van der Waals surface area (Å²) >= 11 is 0. The predicted octanol–water partition coefficient (Wildman–Crippen LogP) is 2.92. The predicted molar refractivity (Wildman–Crippen MR) is 78.5 cm³/mol. The zero-order chi connectivity index (χ0) is 13.9. The lowest BCUT2D eigenvalue weighted by molar-refractivity contribution is 0.793. The smallest absolute Gasteiger partial charge is 0.251 e. The highest BCUT2D eigenvalue weighted by atomic mass is 16.1. The summed E-state index contributed by atoms with van der Waals surface area (Å²) in [5.74, 6) is 0. The van der Waals surface area contributed by atoms with Crippen molar-refractivity contribution in [2.45, 2.75) is 6.54 Å². The Hall–Kier alpha value is -2.86. The van der Waals surface area contributed by atoms with Crippen molar-refractivity contribution in [3.63, 3.8) is 0 Å². The molecule has 0 aliphatic heterocycles. The van der Waals surface area contributed by atoms with Gasteiger partial charge in [-0.05, 0) is 29.1 Å². The molecule has 20 heavy (non-hydrogen) atoms. The van der Waals surface area contributed by atoms with Gasteiger partial charge in [-0.3, -0.25) is 4.79 Å². The molecule has 0 bridgehead atoms. The molecule has 3 aromatic rings. The van der Waals surface area contributed by atoms with Crippen LogP contribution in [0.1, 0.15) is 11.1 Å². The van der Waals surface area contributed by atoms with Gasteiger partial charge >= 0.3 is 0 Å². The van der Waals surface area contributed by atoms with Crippen molar-refractivity contribution in [3.8, 4) is 6.07 Å². The third-order valence-electron chi connectivity index (χ3n) is 3.37. The summed E-state index contributed by atoms with van der Waals surface area (Å²) in [5.41, 5.74) is 2.28. The van der Waals surface area contributed by atoms with Crippen LogP contribution < -0.4 is 5.56 Å². The summed E-state index contributed by atoms with van der Waals surface area (Å²) in [6, 6.07) is 20.7. The number of aromatic nitrogens is 1. The Morgan fingerprint density at radius 1 is 0.950 bits per heavy atom. The maximum absolute atomic E-state index is 12.1. The Kier molecular flexibility index (Phi) is 3.06. The first-order valence-corrected chi connectivity index (χ1v) is 6.36. The van der Waals surface area contributed by atoms with Gasteiger partial charge in [0.1, 0.15) is 0 Å². The Morgan fingerprint density at radius 3 is 2.55 bits per heavy atom. The number of nitriles is 1. The van der Waals surface area contributed by atoms with Crippen LogP contribution in [-0.4, -0.2) is 4.57 Å². The molecule has 0 saturated heterocycles. The van der Waals surface area contributed by atoms with E-state index in [9.17, 15) is 4.79 Å². The minimum absolute atomic E-state index is 0.0588. The molecule has 3 rings (SSSR count). The van der Waals surface area contributed by atoms with Gasteiger partial charge in [-0.1, -0.05) is 36.4 Å². The number of nitrogens with zero attached hydrogens (tertiary/aromatic N) is 2. The van der Waals surface area contributed by atoms with Crippen molar-refractivity contribution < 1.29 is 0 Å². The Balaban J connectivity index is 2.18. The molecule has 0 atom stereocenters. The molecular weight excluding hydrogens is 248 g/mol. The quantitative estimate of drug-likeness (QED) is 0.711. The minimum Gasteiger partial charge on any atom is -0.304 e. The zero-order valence-corrected chi connectivity index (χ0v) is 10.8. The molecule has 0 unspecified atom stereocenters. The van der Waals surface area contributed by atoms with Crippen LogP contribution in [0.15, 0.2) is 65.5 Å². The van der Waals surface area contributed by atoms with E-state index in [0.29, 0.717) is 12.1 Å². The second-order valence-corrected chi connectivity index (χ2v) is 4.59. The molecular formula is C17H12N2O. The van der Waals surface area contributed by atoms with Crippen molar-refractivity contribution in [2.75, 3.05) is 0 Å². The highest BCUT2D eigenvalue weighted by molar-refractivity contribution is 5.78. The second-order valence-electron chi connectivity index (χ2n) is 4.59. The van der Waals surface area contributed by atoms with E-state index in [1.807, 2.05) is 48.5 Å². The molecule has 0 amide bonds. The van der Waals surface area contributed by atoms with Crippen LogP contribution in [0.5, 0.6) is 0 Å². The Morgan fingerprint density at radius 2 is 1.70 bits per heavy atom. The van der Waals surface area contributed by atoms with Gasteiger partial charge in [0.25, 0.3) is 5.56 Å². The number of fused-ring (bicyclic) bond motifs is 1. The van der Waals surface area contributed by atoms with Crippen LogP contribution in [0.2, 0.25) is 0 Å². The van der Waals surface area contributed by atoms with Crippen molar-refractivity contribution in [1.29, 1.82) is 5.26 Å². The number of benzene rings is 2. The fourth-order valence-electron chi connectivity index (χ4n) is 2.34. The first-order valence-electron chi connectivity index (χ1n) is 6.36. The molecule has 0 aliphatic carbocycles. The van der Waals surface area contributed by atoms with E-state index in [1.54, 1.807) is 16.7 Å². The number of rotatable bonds is 2.